The van der Waals surface area contributed by atoms with Crippen molar-refractivity contribution in [3.63, 3.8) is 0 Å². The molecule has 0 fully saturated rings. The molecule has 0 radical (unpaired) electrons. The number of sulfonamides is 1. The van der Waals surface area contributed by atoms with Crippen LogP contribution >= 0.6 is 0 Å². The van der Waals surface area contributed by atoms with E-state index in [4.69, 9.17) is 0 Å². The van der Waals surface area contributed by atoms with Crippen molar-refractivity contribution in [3.05, 3.63) is 65.7 Å². The molecule has 2 atom stereocenters. The first-order valence-corrected chi connectivity index (χ1v) is 8.49. The van der Waals surface area contributed by atoms with Gasteiger partial charge >= 0.3 is 0 Å². The predicted octanol–water partition coefficient (Wildman–Crippen LogP) is 2.76. The molecular formula is C16H17F2NO3S. The van der Waals surface area contributed by atoms with Crippen molar-refractivity contribution in [2.75, 3.05) is 0 Å². The third-order valence-electron chi connectivity index (χ3n) is 3.31. The first kappa shape index (κ1) is 17.5. The summed E-state index contributed by atoms with van der Waals surface area (Å²) in [5.41, 5.74) is 0.635. The molecule has 0 saturated heterocycles. The summed E-state index contributed by atoms with van der Waals surface area (Å²) < 4.78 is 53.7. The Bertz CT molecular complexity index is 746. The van der Waals surface area contributed by atoms with Crippen molar-refractivity contribution < 1.29 is 22.3 Å². The molecule has 0 aliphatic carbocycles. The maximum atomic E-state index is 13.6. The molecule has 0 aliphatic rings. The van der Waals surface area contributed by atoms with Gasteiger partial charge in [0.25, 0.3) is 0 Å². The van der Waals surface area contributed by atoms with E-state index in [0.717, 1.165) is 18.2 Å². The second-order valence-electron chi connectivity index (χ2n) is 5.24. The molecule has 0 heterocycles. The highest BCUT2D eigenvalue weighted by Crippen LogP contribution is 2.21. The van der Waals surface area contributed by atoms with Gasteiger partial charge in [-0.1, -0.05) is 36.4 Å². The SMILES string of the molecule is C[C@H](C[C@@H](O)c1ccccc1)NS(=O)(=O)c1c(F)cccc1F. The van der Waals surface area contributed by atoms with Crippen LogP contribution in [0.1, 0.15) is 25.0 Å². The third kappa shape index (κ3) is 4.34. The van der Waals surface area contributed by atoms with Gasteiger partial charge in [-0.15, -0.1) is 0 Å². The summed E-state index contributed by atoms with van der Waals surface area (Å²) in [6.45, 7) is 1.52. The average Bonchev–Trinajstić information content (AvgIpc) is 2.46. The zero-order chi connectivity index (χ0) is 17.0. The molecule has 0 bridgehead atoms. The van der Waals surface area contributed by atoms with Gasteiger partial charge in [0.2, 0.25) is 10.0 Å². The molecular weight excluding hydrogens is 324 g/mol. The van der Waals surface area contributed by atoms with Gasteiger partial charge in [0, 0.05) is 6.04 Å². The van der Waals surface area contributed by atoms with Crippen LogP contribution in [0, 0.1) is 11.6 Å². The molecule has 7 heteroatoms. The predicted molar refractivity (Wildman–Crippen MR) is 82.2 cm³/mol. The van der Waals surface area contributed by atoms with E-state index in [1.807, 2.05) is 0 Å². The summed E-state index contributed by atoms with van der Waals surface area (Å²) >= 11 is 0. The van der Waals surface area contributed by atoms with Crippen LogP contribution in [0.25, 0.3) is 0 Å². The number of rotatable bonds is 6. The van der Waals surface area contributed by atoms with E-state index in [2.05, 4.69) is 4.72 Å². The molecule has 23 heavy (non-hydrogen) atoms. The first-order valence-electron chi connectivity index (χ1n) is 7.00. The average molecular weight is 341 g/mol. The Morgan fingerprint density at radius 2 is 1.61 bits per heavy atom. The molecule has 124 valence electrons. The Hall–Kier alpha value is -1.83. The van der Waals surface area contributed by atoms with Crippen LogP contribution in [0.15, 0.2) is 53.4 Å². The van der Waals surface area contributed by atoms with E-state index in [-0.39, 0.29) is 6.42 Å². The van der Waals surface area contributed by atoms with E-state index < -0.39 is 38.7 Å². The molecule has 2 rings (SSSR count). The molecule has 0 unspecified atom stereocenters. The summed E-state index contributed by atoms with van der Waals surface area (Å²) in [4.78, 5) is -1.01. The van der Waals surface area contributed by atoms with E-state index in [1.165, 1.54) is 6.92 Å². The highest BCUT2D eigenvalue weighted by atomic mass is 32.2. The summed E-state index contributed by atoms with van der Waals surface area (Å²) in [6.07, 6.45) is -0.821. The van der Waals surface area contributed by atoms with Crippen LogP contribution in [-0.2, 0) is 10.0 Å². The Morgan fingerprint density at radius 3 is 2.17 bits per heavy atom. The van der Waals surface area contributed by atoms with Crippen LogP contribution in [0.5, 0.6) is 0 Å². The van der Waals surface area contributed by atoms with E-state index in [9.17, 15) is 22.3 Å². The first-order chi connectivity index (χ1) is 10.8. The monoisotopic (exact) mass is 341 g/mol. The lowest BCUT2D eigenvalue weighted by Gasteiger charge is -2.18. The van der Waals surface area contributed by atoms with E-state index in [1.54, 1.807) is 30.3 Å². The fraction of sp³-hybridized carbons (Fsp3) is 0.250. The van der Waals surface area contributed by atoms with Gasteiger partial charge in [-0.05, 0) is 31.0 Å². The number of hydrogen-bond donors (Lipinski definition) is 2. The molecule has 0 saturated carbocycles. The van der Waals surface area contributed by atoms with Crippen LogP contribution in [0.3, 0.4) is 0 Å². The normalized spacial score (nSPS) is 14.4. The minimum atomic E-state index is -4.36. The van der Waals surface area contributed by atoms with Crippen molar-refractivity contribution >= 4 is 10.0 Å². The minimum absolute atomic E-state index is 0.0688. The van der Waals surface area contributed by atoms with Gasteiger partial charge in [-0.3, -0.25) is 0 Å². The largest absolute Gasteiger partial charge is 0.388 e. The van der Waals surface area contributed by atoms with Gasteiger partial charge in [-0.2, -0.15) is 0 Å². The fourth-order valence-corrected chi connectivity index (χ4v) is 3.65. The number of hydrogen-bond acceptors (Lipinski definition) is 3. The summed E-state index contributed by atoms with van der Waals surface area (Å²) in [5, 5.41) is 10.1. The fourth-order valence-electron chi connectivity index (χ4n) is 2.26. The van der Waals surface area contributed by atoms with Crippen LogP contribution in [0.4, 0.5) is 8.78 Å². The van der Waals surface area contributed by atoms with E-state index in [0.29, 0.717) is 5.56 Å². The molecule has 0 spiro atoms. The summed E-state index contributed by atoms with van der Waals surface area (Å²) in [6, 6.07) is 10.8. The Morgan fingerprint density at radius 1 is 1.04 bits per heavy atom. The zero-order valence-corrected chi connectivity index (χ0v) is 13.2. The highest BCUT2D eigenvalue weighted by Gasteiger charge is 2.26. The van der Waals surface area contributed by atoms with Gasteiger partial charge in [0.1, 0.15) is 11.6 Å². The van der Waals surface area contributed by atoms with Crippen molar-refractivity contribution in [2.24, 2.45) is 0 Å². The molecule has 2 aromatic rings. The lowest BCUT2D eigenvalue weighted by Crippen LogP contribution is -2.34. The molecule has 4 nitrogen and oxygen atoms in total. The van der Waals surface area contributed by atoms with Crippen molar-refractivity contribution in [3.8, 4) is 0 Å². The Balaban J connectivity index is 2.11. The number of nitrogens with one attached hydrogen (secondary N) is 1. The topological polar surface area (TPSA) is 66.4 Å². The van der Waals surface area contributed by atoms with Crippen LogP contribution in [-0.4, -0.2) is 19.6 Å². The van der Waals surface area contributed by atoms with Crippen molar-refractivity contribution in [1.82, 2.24) is 4.72 Å². The zero-order valence-electron chi connectivity index (χ0n) is 12.4. The highest BCUT2D eigenvalue weighted by molar-refractivity contribution is 7.89. The maximum Gasteiger partial charge on any atom is 0.246 e. The molecule has 0 aromatic heterocycles. The van der Waals surface area contributed by atoms with Gasteiger partial charge in [0.15, 0.2) is 4.90 Å². The van der Waals surface area contributed by atoms with Crippen LogP contribution < -0.4 is 4.72 Å². The standard InChI is InChI=1S/C16H17F2NO3S/c1-11(10-15(20)12-6-3-2-4-7-12)19-23(21,22)16-13(17)8-5-9-14(16)18/h2-9,11,15,19-20H,10H2,1H3/t11-,15-/m1/s1. The number of aliphatic hydroxyl groups excluding tert-OH is 1. The second kappa shape index (κ2) is 7.16. The Kier molecular flexibility index (Phi) is 5.46. The van der Waals surface area contributed by atoms with Crippen molar-refractivity contribution in [2.45, 2.75) is 30.4 Å². The lowest BCUT2D eigenvalue weighted by atomic mass is 10.0. The summed E-state index contributed by atoms with van der Waals surface area (Å²) in [5.74, 6) is -2.32. The third-order valence-corrected chi connectivity index (χ3v) is 4.95. The molecule has 0 amide bonds. The Labute approximate surface area is 133 Å². The molecule has 2 aromatic carbocycles. The number of benzene rings is 2. The van der Waals surface area contributed by atoms with E-state index >= 15 is 0 Å². The van der Waals surface area contributed by atoms with Gasteiger partial charge in [0.05, 0.1) is 6.10 Å². The maximum absolute atomic E-state index is 13.6. The lowest BCUT2D eigenvalue weighted by molar-refractivity contribution is 0.158. The second-order valence-corrected chi connectivity index (χ2v) is 6.89. The number of halogens is 2. The minimum Gasteiger partial charge on any atom is -0.388 e. The smallest absolute Gasteiger partial charge is 0.246 e. The summed E-state index contributed by atoms with van der Waals surface area (Å²) in [7, 11) is -4.36. The molecule has 0 aliphatic heterocycles. The van der Waals surface area contributed by atoms with Crippen molar-refractivity contribution in [1.29, 1.82) is 0 Å². The van der Waals surface area contributed by atoms with Gasteiger partial charge in [-0.25, -0.2) is 21.9 Å². The van der Waals surface area contributed by atoms with Crippen LogP contribution in [0.2, 0.25) is 0 Å². The quantitative estimate of drug-likeness (QED) is 0.849. The molecule has 2 N–H and O–H groups in total. The number of aliphatic hydroxyl groups is 1. The van der Waals surface area contributed by atoms with Gasteiger partial charge < -0.3 is 5.11 Å².